The minimum Gasteiger partial charge on any atom is -0.494 e. The fraction of sp³-hybridized carbons (Fsp3) is 0.440. The molecule has 0 unspecified atom stereocenters. The molecule has 0 bridgehead atoms. The Morgan fingerprint density at radius 1 is 1.08 bits per heavy atom. The highest BCUT2D eigenvalue weighted by Crippen LogP contribution is 2.42. The van der Waals surface area contributed by atoms with Crippen molar-refractivity contribution >= 4 is 34.7 Å². The Morgan fingerprint density at radius 3 is 2.45 bits per heavy atom. The summed E-state index contributed by atoms with van der Waals surface area (Å²) < 4.78 is 12.9. The second-order valence-corrected chi connectivity index (χ2v) is 9.04. The largest absolute Gasteiger partial charge is 0.494 e. The standard InChI is InChI=1S/C24H29N9O4.CH4/c1-25-24(35)20-17(9-19(29-30-20)28-23(34)13-5-6-13)27-18-8-14(33-10-15(11-33)36-3)7-16(21(18)37-4)22-26-12-32(2)31-22;/h7-9,12-13,15H,5-6,10-11H2,1-4H3,(H,25,35)(H2,27,28,29,34);1H4. The lowest BCUT2D eigenvalue weighted by atomic mass is 10.1. The zero-order valence-corrected chi connectivity index (χ0v) is 21.1. The first-order chi connectivity index (χ1) is 17.9. The Balaban J connectivity index is 0.00000336. The summed E-state index contributed by atoms with van der Waals surface area (Å²) in [5.74, 6) is 0.685. The molecule has 3 N–H and O–H groups in total. The van der Waals surface area contributed by atoms with E-state index in [1.54, 1.807) is 38.3 Å². The summed E-state index contributed by atoms with van der Waals surface area (Å²) in [6, 6.07) is 5.48. The van der Waals surface area contributed by atoms with Gasteiger partial charge in [-0.25, -0.2) is 4.98 Å². The highest BCUT2D eigenvalue weighted by Gasteiger charge is 2.31. The van der Waals surface area contributed by atoms with Crippen molar-refractivity contribution in [3.63, 3.8) is 0 Å². The quantitative estimate of drug-likeness (QED) is 0.381. The number of nitrogens with one attached hydrogen (secondary N) is 3. The molecule has 5 rings (SSSR count). The van der Waals surface area contributed by atoms with E-state index in [0.717, 1.165) is 31.6 Å². The maximum Gasteiger partial charge on any atom is 0.273 e. The van der Waals surface area contributed by atoms with Crippen LogP contribution in [0.2, 0.25) is 0 Å². The van der Waals surface area contributed by atoms with Gasteiger partial charge in [0.1, 0.15) is 6.33 Å². The summed E-state index contributed by atoms with van der Waals surface area (Å²) >= 11 is 0. The highest BCUT2D eigenvalue weighted by atomic mass is 16.5. The normalized spacial score (nSPS) is 14.8. The average Bonchev–Trinajstić information content (AvgIpc) is 3.63. The average molecular weight is 524 g/mol. The maximum absolute atomic E-state index is 12.6. The maximum atomic E-state index is 12.6. The second-order valence-electron chi connectivity index (χ2n) is 9.04. The molecule has 1 aliphatic heterocycles. The molecule has 2 fully saturated rings. The van der Waals surface area contributed by atoms with Gasteiger partial charge >= 0.3 is 0 Å². The van der Waals surface area contributed by atoms with Crippen LogP contribution >= 0.6 is 0 Å². The molecule has 3 aromatic rings. The topological polar surface area (TPSA) is 148 Å². The van der Waals surface area contributed by atoms with Crippen molar-refractivity contribution in [3.8, 4) is 17.1 Å². The van der Waals surface area contributed by atoms with Crippen molar-refractivity contribution in [3.05, 3.63) is 30.2 Å². The van der Waals surface area contributed by atoms with E-state index in [4.69, 9.17) is 9.47 Å². The van der Waals surface area contributed by atoms with Crippen LogP contribution in [0.15, 0.2) is 24.5 Å². The molecular formula is C25H33N9O4. The van der Waals surface area contributed by atoms with Crippen LogP contribution in [-0.4, -0.2) is 77.2 Å². The number of amides is 2. The Labute approximate surface area is 220 Å². The summed E-state index contributed by atoms with van der Waals surface area (Å²) in [6.07, 6.45) is 3.48. The van der Waals surface area contributed by atoms with E-state index in [0.29, 0.717) is 28.5 Å². The first-order valence-electron chi connectivity index (χ1n) is 11.9. The first-order valence-corrected chi connectivity index (χ1v) is 11.9. The van der Waals surface area contributed by atoms with Crippen LogP contribution in [0.1, 0.15) is 30.8 Å². The summed E-state index contributed by atoms with van der Waals surface area (Å²) in [4.78, 5) is 31.5. The lowest BCUT2D eigenvalue weighted by Gasteiger charge is -2.40. The van der Waals surface area contributed by atoms with Crippen LogP contribution in [0.4, 0.5) is 22.9 Å². The van der Waals surface area contributed by atoms with Crippen molar-refractivity contribution in [2.24, 2.45) is 13.0 Å². The smallest absolute Gasteiger partial charge is 0.273 e. The number of carbonyl (C=O) groups is 2. The van der Waals surface area contributed by atoms with E-state index < -0.39 is 5.91 Å². The first kappa shape index (κ1) is 26.8. The zero-order chi connectivity index (χ0) is 26.1. The number of anilines is 4. The van der Waals surface area contributed by atoms with Gasteiger partial charge < -0.3 is 30.3 Å². The summed E-state index contributed by atoms with van der Waals surface area (Å²) in [5, 5.41) is 21.2. The monoisotopic (exact) mass is 523 g/mol. The number of hydrogen-bond acceptors (Lipinski definition) is 10. The minimum atomic E-state index is -0.428. The van der Waals surface area contributed by atoms with E-state index in [9.17, 15) is 9.59 Å². The minimum absolute atomic E-state index is 0. The third kappa shape index (κ3) is 5.37. The molecule has 0 spiro atoms. The van der Waals surface area contributed by atoms with Gasteiger partial charge in [0, 0.05) is 52.0 Å². The lowest BCUT2D eigenvalue weighted by Crippen LogP contribution is -2.51. The third-order valence-electron chi connectivity index (χ3n) is 6.37. The van der Waals surface area contributed by atoms with Gasteiger partial charge in [0.05, 0.1) is 30.2 Å². The number of methoxy groups -OCH3 is 2. The van der Waals surface area contributed by atoms with Crippen molar-refractivity contribution in [2.45, 2.75) is 26.4 Å². The molecule has 13 heteroatoms. The Bertz CT molecular complexity index is 1330. The van der Waals surface area contributed by atoms with Crippen LogP contribution in [0.25, 0.3) is 11.4 Å². The summed E-state index contributed by atoms with van der Waals surface area (Å²) in [7, 11) is 6.56. The number of benzene rings is 1. The number of hydrogen-bond donors (Lipinski definition) is 3. The molecule has 1 aromatic carbocycles. The number of nitrogens with zero attached hydrogens (tertiary/aromatic N) is 6. The number of rotatable bonds is 9. The third-order valence-corrected chi connectivity index (χ3v) is 6.37. The number of carbonyl (C=O) groups excluding carboxylic acids is 2. The Morgan fingerprint density at radius 2 is 1.84 bits per heavy atom. The van der Waals surface area contributed by atoms with E-state index in [1.165, 1.54) is 7.05 Å². The van der Waals surface area contributed by atoms with Crippen LogP contribution in [0, 0.1) is 5.92 Å². The molecule has 3 heterocycles. The van der Waals surface area contributed by atoms with Crippen molar-refractivity contribution in [1.29, 1.82) is 0 Å². The number of aromatic nitrogens is 5. The number of ether oxygens (including phenoxy) is 2. The fourth-order valence-electron chi connectivity index (χ4n) is 4.09. The van der Waals surface area contributed by atoms with Gasteiger partial charge in [0.2, 0.25) is 5.91 Å². The molecule has 0 radical (unpaired) electrons. The van der Waals surface area contributed by atoms with Gasteiger partial charge in [-0.15, -0.1) is 10.2 Å². The van der Waals surface area contributed by atoms with Gasteiger partial charge in [-0.3, -0.25) is 14.3 Å². The van der Waals surface area contributed by atoms with Crippen molar-refractivity contribution in [1.82, 2.24) is 30.3 Å². The summed E-state index contributed by atoms with van der Waals surface area (Å²) in [5.41, 5.74) is 2.58. The van der Waals surface area contributed by atoms with Crippen molar-refractivity contribution in [2.75, 3.05) is 49.9 Å². The van der Waals surface area contributed by atoms with Crippen LogP contribution in [0.3, 0.4) is 0 Å². The van der Waals surface area contributed by atoms with Crippen LogP contribution in [0.5, 0.6) is 5.75 Å². The van der Waals surface area contributed by atoms with Crippen LogP contribution in [-0.2, 0) is 16.6 Å². The zero-order valence-electron chi connectivity index (χ0n) is 21.1. The molecule has 202 valence electrons. The molecule has 2 aliphatic rings. The SMILES string of the molecule is C.CNC(=O)c1nnc(NC(=O)C2CC2)cc1Nc1cc(N2CC(OC)C2)cc(-c2ncn(C)n2)c1OC. The van der Waals surface area contributed by atoms with Gasteiger partial charge in [-0.05, 0) is 25.0 Å². The molecule has 1 aliphatic carbocycles. The molecular weight excluding hydrogens is 490 g/mol. The summed E-state index contributed by atoms with van der Waals surface area (Å²) in [6.45, 7) is 1.46. The van der Waals surface area contributed by atoms with Crippen LogP contribution < -0.4 is 25.6 Å². The fourth-order valence-corrected chi connectivity index (χ4v) is 4.09. The number of aryl methyl sites for hydroxylation is 1. The van der Waals surface area contributed by atoms with Crippen molar-refractivity contribution < 1.29 is 19.1 Å². The molecule has 1 saturated heterocycles. The van der Waals surface area contributed by atoms with E-state index >= 15 is 0 Å². The van der Waals surface area contributed by atoms with E-state index in [1.807, 2.05) is 12.1 Å². The van der Waals surface area contributed by atoms with Gasteiger partial charge in [0.25, 0.3) is 5.91 Å². The molecule has 2 amide bonds. The second kappa shape index (κ2) is 11.0. The van der Waals surface area contributed by atoms with Gasteiger partial charge in [-0.1, -0.05) is 7.43 Å². The Hall–Kier alpha value is -4.26. The molecule has 38 heavy (non-hydrogen) atoms. The molecule has 13 nitrogen and oxygen atoms in total. The predicted octanol–water partition coefficient (Wildman–Crippen LogP) is 2.20. The highest BCUT2D eigenvalue weighted by molar-refractivity contribution is 6.00. The lowest BCUT2D eigenvalue weighted by molar-refractivity contribution is -0.117. The molecule has 0 atom stereocenters. The van der Waals surface area contributed by atoms with E-state index in [-0.39, 0.29) is 36.9 Å². The van der Waals surface area contributed by atoms with E-state index in [2.05, 4.69) is 41.1 Å². The van der Waals surface area contributed by atoms with Gasteiger partial charge in [-0.2, -0.15) is 5.10 Å². The predicted molar refractivity (Wildman–Crippen MR) is 143 cm³/mol. The van der Waals surface area contributed by atoms with Gasteiger partial charge in [0.15, 0.2) is 23.1 Å². The molecule has 1 saturated carbocycles. The molecule has 2 aromatic heterocycles. The Kier molecular flexibility index (Phi) is 7.76.